The van der Waals surface area contributed by atoms with Crippen molar-refractivity contribution in [3.63, 3.8) is 0 Å². The summed E-state index contributed by atoms with van der Waals surface area (Å²) in [6.45, 7) is 2.69. The van der Waals surface area contributed by atoms with Crippen LogP contribution in [0.4, 0.5) is 4.79 Å². The van der Waals surface area contributed by atoms with Crippen molar-refractivity contribution in [2.75, 3.05) is 33.4 Å². The summed E-state index contributed by atoms with van der Waals surface area (Å²) in [6.07, 6.45) is -0.758. The van der Waals surface area contributed by atoms with Gasteiger partial charge in [-0.2, -0.15) is 4.74 Å². The van der Waals surface area contributed by atoms with Crippen LogP contribution in [0.15, 0.2) is 39.6 Å². The van der Waals surface area contributed by atoms with Gasteiger partial charge in [0.2, 0.25) is 6.29 Å². The monoisotopic (exact) mass is 396 g/mol. The Labute approximate surface area is 161 Å². The molecular weight excluding hydrogens is 376 g/mol. The Morgan fingerprint density at radius 1 is 1.30 bits per heavy atom. The molecule has 0 bridgehead atoms. The van der Waals surface area contributed by atoms with Crippen molar-refractivity contribution in [3.05, 3.63) is 45.7 Å². The quantitative estimate of drug-likeness (QED) is 0.694. The normalized spacial score (nSPS) is 17.6. The number of carbonyl (C=O) groups is 1. The highest BCUT2D eigenvalue weighted by molar-refractivity contribution is 6.32. The number of halogens is 1. The van der Waals surface area contributed by atoms with Gasteiger partial charge in [-0.3, -0.25) is 9.69 Å². The number of methoxy groups -OCH3 is 1. The Hall–Kier alpha value is -2.29. The fourth-order valence-electron chi connectivity index (χ4n) is 2.85. The predicted molar refractivity (Wildman–Crippen MR) is 97.7 cm³/mol. The minimum absolute atomic E-state index is 0.0825. The first kappa shape index (κ1) is 19.5. The van der Waals surface area contributed by atoms with E-state index >= 15 is 0 Å². The lowest BCUT2D eigenvalue weighted by Crippen LogP contribution is -2.44. The van der Waals surface area contributed by atoms with Gasteiger partial charge in [0, 0.05) is 18.7 Å². The van der Waals surface area contributed by atoms with E-state index in [4.69, 9.17) is 25.6 Å². The highest BCUT2D eigenvalue weighted by atomic mass is 35.5. The average molecular weight is 397 g/mol. The summed E-state index contributed by atoms with van der Waals surface area (Å²) in [5.41, 5.74) is 0.415. The lowest BCUT2D eigenvalue weighted by molar-refractivity contribution is -0.158. The first-order chi connectivity index (χ1) is 13.1. The van der Waals surface area contributed by atoms with Gasteiger partial charge in [0.25, 0.3) is 0 Å². The number of hydrogen-bond acceptors (Lipinski definition) is 7. The van der Waals surface area contributed by atoms with Gasteiger partial charge in [0.05, 0.1) is 26.8 Å². The molecule has 0 N–H and O–H groups in total. The van der Waals surface area contributed by atoms with E-state index in [2.05, 4.69) is 9.64 Å². The summed E-state index contributed by atoms with van der Waals surface area (Å²) >= 11 is 6.14. The molecule has 1 aliphatic heterocycles. The van der Waals surface area contributed by atoms with Crippen LogP contribution >= 0.6 is 11.6 Å². The zero-order valence-electron chi connectivity index (χ0n) is 14.9. The van der Waals surface area contributed by atoms with Crippen LogP contribution in [0.1, 0.15) is 6.42 Å². The summed E-state index contributed by atoms with van der Waals surface area (Å²) in [7, 11) is 1.25. The van der Waals surface area contributed by atoms with Crippen LogP contribution in [0.25, 0.3) is 11.3 Å². The number of nitrogens with zero attached hydrogens (tertiary/aromatic N) is 2. The summed E-state index contributed by atoms with van der Waals surface area (Å²) in [5, 5.41) is 0.0825. The van der Waals surface area contributed by atoms with Crippen molar-refractivity contribution >= 4 is 17.8 Å². The highest BCUT2D eigenvalue weighted by Gasteiger charge is 2.24. The van der Waals surface area contributed by atoms with E-state index in [-0.39, 0.29) is 10.6 Å². The first-order valence-corrected chi connectivity index (χ1v) is 9.00. The molecule has 146 valence electrons. The van der Waals surface area contributed by atoms with Crippen LogP contribution in [0, 0.1) is 0 Å². The third-order valence-corrected chi connectivity index (χ3v) is 4.53. The number of ether oxygens (including phenoxy) is 3. The maximum atomic E-state index is 12.3. The van der Waals surface area contributed by atoms with Crippen LogP contribution in [0.2, 0.25) is 5.02 Å². The first-order valence-electron chi connectivity index (χ1n) is 8.62. The van der Waals surface area contributed by atoms with Gasteiger partial charge >= 0.3 is 11.7 Å². The standard InChI is InChI=1S/C18H21ClN2O6/c1-24-18(23)26-14-12-20(10-11-25-14)8-5-9-21-17(22)15(19)16(27-21)13-6-3-2-4-7-13/h2-4,6-7,14H,5,8-12H2,1H3. The smallest absolute Gasteiger partial charge is 0.438 e. The van der Waals surface area contributed by atoms with Gasteiger partial charge in [0.15, 0.2) is 10.8 Å². The van der Waals surface area contributed by atoms with E-state index in [0.29, 0.717) is 45.0 Å². The van der Waals surface area contributed by atoms with E-state index in [9.17, 15) is 9.59 Å². The van der Waals surface area contributed by atoms with Crippen molar-refractivity contribution in [2.45, 2.75) is 19.3 Å². The fourth-order valence-corrected chi connectivity index (χ4v) is 3.09. The SMILES string of the molecule is COC(=O)OC1CN(CCCn2oc(-c3ccccc3)c(Cl)c2=O)CCO1. The molecule has 1 aromatic carbocycles. The van der Waals surface area contributed by atoms with Crippen molar-refractivity contribution < 1.29 is 23.5 Å². The van der Waals surface area contributed by atoms with Crippen molar-refractivity contribution in [3.8, 4) is 11.3 Å². The molecule has 0 aliphatic carbocycles. The number of carbonyl (C=O) groups excluding carboxylic acids is 1. The maximum Gasteiger partial charge on any atom is 0.510 e. The molecule has 0 amide bonds. The zero-order chi connectivity index (χ0) is 19.2. The number of rotatable bonds is 6. The lowest BCUT2D eigenvalue weighted by atomic mass is 10.2. The number of hydrogen-bond donors (Lipinski definition) is 0. The van der Waals surface area contributed by atoms with Crippen molar-refractivity contribution in [2.24, 2.45) is 0 Å². The number of morpholine rings is 1. The molecule has 3 rings (SSSR count). The molecule has 2 aromatic rings. The Morgan fingerprint density at radius 3 is 2.81 bits per heavy atom. The topological polar surface area (TPSA) is 83.1 Å². The molecule has 1 fully saturated rings. The van der Waals surface area contributed by atoms with Gasteiger partial charge in [-0.25, -0.2) is 4.79 Å². The van der Waals surface area contributed by atoms with Crippen LogP contribution in [-0.2, 0) is 20.8 Å². The molecule has 1 aliphatic rings. The summed E-state index contributed by atoms with van der Waals surface area (Å²) in [4.78, 5) is 25.5. The highest BCUT2D eigenvalue weighted by Crippen LogP contribution is 2.25. The molecule has 0 radical (unpaired) electrons. The maximum absolute atomic E-state index is 12.3. The molecule has 1 atom stereocenters. The number of aryl methyl sites for hydroxylation is 1. The van der Waals surface area contributed by atoms with Crippen LogP contribution < -0.4 is 5.56 Å². The fraction of sp³-hybridized carbons (Fsp3) is 0.444. The largest absolute Gasteiger partial charge is 0.510 e. The second-order valence-corrected chi connectivity index (χ2v) is 6.41. The van der Waals surface area contributed by atoms with Gasteiger partial charge < -0.3 is 18.7 Å². The van der Waals surface area contributed by atoms with Gasteiger partial charge in [-0.1, -0.05) is 41.9 Å². The lowest BCUT2D eigenvalue weighted by Gasteiger charge is -2.31. The van der Waals surface area contributed by atoms with Gasteiger partial charge in [-0.15, -0.1) is 0 Å². The Bertz CT molecular complexity index is 819. The van der Waals surface area contributed by atoms with E-state index in [1.165, 1.54) is 11.8 Å². The van der Waals surface area contributed by atoms with Crippen LogP contribution in [-0.4, -0.2) is 55.4 Å². The number of benzene rings is 1. The second kappa shape index (κ2) is 9.07. The predicted octanol–water partition coefficient (Wildman–Crippen LogP) is 2.59. The third-order valence-electron chi connectivity index (χ3n) is 4.20. The van der Waals surface area contributed by atoms with Crippen molar-refractivity contribution in [1.29, 1.82) is 0 Å². The third kappa shape index (κ3) is 4.91. The summed E-state index contributed by atoms with van der Waals surface area (Å²) in [5.74, 6) is 0.375. The molecular formula is C18H21ClN2O6. The molecule has 0 saturated carbocycles. The Kier molecular flexibility index (Phi) is 6.54. The molecule has 9 heteroatoms. The average Bonchev–Trinajstić information content (AvgIpc) is 2.97. The van der Waals surface area contributed by atoms with Gasteiger partial charge in [-0.05, 0) is 6.42 Å². The molecule has 2 heterocycles. The summed E-state index contributed by atoms with van der Waals surface area (Å²) < 4.78 is 21.8. The van der Waals surface area contributed by atoms with Gasteiger partial charge in [0.1, 0.15) is 0 Å². The summed E-state index contributed by atoms with van der Waals surface area (Å²) in [6, 6.07) is 9.27. The van der Waals surface area contributed by atoms with Crippen LogP contribution in [0.3, 0.4) is 0 Å². The molecule has 1 unspecified atom stereocenters. The Balaban J connectivity index is 1.55. The molecule has 8 nitrogen and oxygen atoms in total. The van der Waals surface area contributed by atoms with E-state index in [1.54, 1.807) is 0 Å². The molecule has 1 saturated heterocycles. The minimum Gasteiger partial charge on any atom is -0.438 e. The second-order valence-electron chi connectivity index (χ2n) is 6.03. The van der Waals surface area contributed by atoms with Crippen molar-refractivity contribution in [1.82, 2.24) is 9.64 Å². The zero-order valence-corrected chi connectivity index (χ0v) is 15.7. The number of aromatic nitrogens is 1. The van der Waals surface area contributed by atoms with E-state index in [0.717, 1.165) is 5.56 Å². The van der Waals surface area contributed by atoms with Crippen LogP contribution in [0.5, 0.6) is 0 Å². The Morgan fingerprint density at radius 2 is 2.07 bits per heavy atom. The van der Waals surface area contributed by atoms with E-state index < -0.39 is 12.4 Å². The molecule has 1 aromatic heterocycles. The molecule has 0 spiro atoms. The molecule has 27 heavy (non-hydrogen) atoms. The minimum atomic E-state index is -0.771. The van der Waals surface area contributed by atoms with E-state index in [1.807, 2.05) is 30.3 Å².